The summed E-state index contributed by atoms with van der Waals surface area (Å²) in [6.07, 6.45) is 0. The van der Waals surface area contributed by atoms with Gasteiger partial charge in [-0.2, -0.15) is 0 Å². The molecule has 0 radical (unpaired) electrons. The molecule has 0 aromatic heterocycles. The lowest BCUT2D eigenvalue weighted by atomic mass is 10.1. The van der Waals surface area contributed by atoms with Gasteiger partial charge in [-0.3, -0.25) is 14.4 Å². The minimum atomic E-state index is -0.574. The number of rotatable bonds is 7. The van der Waals surface area contributed by atoms with Crippen LogP contribution in [0.2, 0.25) is 0 Å². The second-order valence-electron chi connectivity index (χ2n) is 6.21. The van der Waals surface area contributed by atoms with Gasteiger partial charge < -0.3 is 21.7 Å². The van der Waals surface area contributed by atoms with E-state index in [1.165, 1.54) is 0 Å². The number of primary amides is 1. The second-order valence-corrected chi connectivity index (χ2v) is 6.21. The molecule has 0 aliphatic rings. The largest absolute Gasteiger partial charge is 0.376 e. The maximum atomic E-state index is 12.2. The molecule has 3 amide bonds. The van der Waals surface area contributed by atoms with Crippen LogP contribution in [0.25, 0.3) is 0 Å². The molecule has 5 N–H and O–H groups in total. The highest BCUT2D eigenvalue weighted by Gasteiger charge is 2.10. The molecule has 0 bridgehead atoms. The normalized spacial score (nSPS) is 10.1. The SMILES string of the molecule is NC(=O)c1ccccc1NCC(=O)Nc1cccc(NC(=O)c2ccccc2)c1. The predicted octanol–water partition coefficient (Wildman–Crippen LogP) is 3.09. The summed E-state index contributed by atoms with van der Waals surface area (Å²) < 4.78 is 0. The predicted molar refractivity (Wildman–Crippen MR) is 113 cm³/mol. The molecule has 7 heteroatoms. The third-order valence-electron chi connectivity index (χ3n) is 4.07. The van der Waals surface area contributed by atoms with Crippen LogP contribution in [0.3, 0.4) is 0 Å². The number of nitrogens with two attached hydrogens (primary N) is 1. The summed E-state index contributed by atoms with van der Waals surface area (Å²) >= 11 is 0. The number of hydrogen-bond acceptors (Lipinski definition) is 4. The number of nitrogens with one attached hydrogen (secondary N) is 3. The van der Waals surface area contributed by atoms with Crippen molar-refractivity contribution in [3.05, 3.63) is 90.0 Å². The Labute approximate surface area is 167 Å². The first kappa shape index (κ1) is 19.6. The Morgan fingerprint density at radius 1 is 0.759 bits per heavy atom. The van der Waals surface area contributed by atoms with E-state index in [0.717, 1.165) is 0 Å². The molecule has 0 saturated carbocycles. The number of benzene rings is 3. The highest BCUT2D eigenvalue weighted by molar-refractivity contribution is 6.05. The number of carbonyl (C=O) groups is 3. The van der Waals surface area contributed by atoms with E-state index in [-0.39, 0.29) is 18.4 Å². The van der Waals surface area contributed by atoms with Crippen LogP contribution in [0.4, 0.5) is 17.1 Å². The van der Waals surface area contributed by atoms with Gasteiger partial charge in [0.25, 0.3) is 11.8 Å². The summed E-state index contributed by atoms with van der Waals surface area (Å²) in [6.45, 7) is -0.0507. The topological polar surface area (TPSA) is 113 Å². The highest BCUT2D eigenvalue weighted by Crippen LogP contribution is 2.17. The third kappa shape index (κ3) is 5.43. The summed E-state index contributed by atoms with van der Waals surface area (Å²) in [4.78, 5) is 35.9. The summed E-state index contributed by atoms with van der Waals surface area (Å²) in [7, 11) is 0. The molecule has 0 atom stereocenters. The molecule has 0 saturated heterocycles. The lowest BCUT2D eigenvalue weighted by molar-refractivity contribution is -0.114. The minimum absolute atomic E-state index is 0.0507. The Morgan fingerprint density at radius 2 is 1.41 bits per heavy atom. The molecular formula is C22H20N4O3. The molecule has 29 heavy (non-hydrogen) atoms. The van der Waals surface area contributed by atoms with Crippen molar-refractivity contribution in [1.82, 2.24) is 0 Å². The van der Waals surface area contributed by atoms with Crippen LogP contribution in [-0.4, -0.2) is 24.3 Å². The standard InChI is InChI=1S/C22H20N4O3/c23-21(28)18-11-4-5-12-19(18)24-14-20(27)25-16-9-6-10-17(13-16)26-22(29)15-7-2-1-3-8-15/h1-13,24H,14H2,(H2,23,28)(H,25,27)(H,26,29). The Bertz CT molecular complexity index is 1030. The zero-order valence-electron chi connectivity index (χ0n) is 15.5. The van der Waals surface area contributed by atoms with Gasteiger partial charge in [0.15, 0.2) is 0 Å². The molecule has 0 spiro atoms. The van der Waals surface area contributed by atoms with E-state index in [1.54, 1.807) is 72.8 Å². The summed E-state index contributed by atoms with van der Waals surface area (Å²) in [5.41, 5.74) is 7.76. The minimum Gasteiger partial charge on any atom is -0.376 e. The first-order chi connectivity index (χ1) is 14.0. The van der Waals surface area contributed by atoms with Gasteiger partial charge in [-0.05, 0) is 42.5 Å². The van der Waals surface area contributed by atoms with Crippen molar-refractivity contribution >= 4 is 34.8 Å². The molecule has 3 aromatic carbocycles. The lowest BCUT2D eigenvalue weighted by Gasteiger charge is -2.11. The van der Waals surface area contributed by atoms with Crippen LogP contribution in [0.5, 0.6) is 0 Å². The van der Waals surface area contributed by atoms with Gasteiger partial charge in [0, 0.05) is 22.6 Å². The van der Waals surface area contributed by atoms with E-state index in [1.807, 2.05) is 6.07 Å². The van der Waals surface area contributed by atoms with Crippen molar-refractivity contribution < 1.29 is 14.4 Å². The van der Waals surface area contributed by atoms with Gasteiger partial charge in [-0.15, -0.1) is 0 Å². The van der Waals surface area contributed by atoms with Gasteiger partial charge >= 0.3 is 0 Å². The summed E-state index contributed by atoms with van der Waals surface area (Å²) in [5.74, 6) is -1.12. The van der Waals surface area contributed by atoms with Crippen LogP contribution in [0, 0.1) is 0 Å². The number of anilines is 3. The van der Waals surface area contributed by atoms with E-state index in [0.29, 0.717) is 28.2 Å². The zero-order valence-corrected chi connectivity index (χ0v) is 15.5. The molecule has 3 rings (SSSR count). The van der Waals surface area contributed by atoms with Crippen LogP contribution < -0.4 is 21.7 Å². The Morgan fingerprint density at radius 3 is 2.14 bits per heavy atom. The first-order valence-electron chi connectivity index (χ1n) is 8.92. The zero-order chi connectivity index (χ0) is 20.6. The van der Waals surface area contributed by atoms with E-state index in [2.05, 4.69) is 16.0 Å². The number of carbonyl (C=O) groups excluding carboxylic acids is 3. The Balaban J connectivity index is 1.59. The molecule has 0 unspecified atom stereocenters. The Kier molecular flexibility index (Phi) is 6.22. The number of amides is 3. The summed E-state index contributed by atoms with van der Waals surface area (Å²) in [6, 6.07) is 22.4. The molecule has 146 valence electrons. The molecule has 3 aromatic rings. The lowest BCUT2D eigenvalue weighted by Crippen LogP contribution is -2.23. The van der Waals surface area contributed by atoms with Crippen molar-refractivity contribution in [2.75, 3.05) is 22.5 Å². The van der Waals surface area contributed by atoms with Gasteiger partial charge in [-0.25, -0.2) is 0 Å². The molecule has 0 aliphatic heterocycles. The molecule has 0 heterocycles. The van der Waals surface area contributed by atoms with Crippen LogP contribution in [0.1, 0.15) is 20.7 Å². The van der Waals surface area contributed by atoms with Crippen LogP contribution in [0.15, 0.2) is 78.9 Å². The fraction of sp³-hybridized carbons (Fsp3) is 0.0455. The maximum absolute atomic E-state index is 12.2. The van der Waals surface area contributed by atoms with Crippen molar-refractivity contribution in [2.45, 2.75) is 0 Å². The second kappa shape index (κ2) is 9.18. The van der Waals surface area contributed by atoms with E-state index in [4.69, 9.17) is 5.73 Å². The smallest absolute Gasteiger partial charge is 0.255 e. The van der Waals surface area contributed by atoms with E-state index in [9.17, 15) is 14.4 Å². The van der Waals surface area contributed by atoms with Crippen molar-refractivity contribution in [3.8, 4) is 0 Å². The number of hydrogen-bond donors (Lipinski definition) is 4. The number of para-hydroxylation sites is 1. The third-order valence-corrected chi connectivity index (χ3v) is 4.07. The van der Waals surface area contributed by atoms with E-state index >= 15 is 0 Å². The Hall–Kier alpha value is -4.13. The van der Waals surface area contributed by atoms with Crippen molar-refractivity contribution in [3.63, 3.8) is 0 Å². The molecule has 0 fully saturated rings. The monoisotopic (exact) mass is 388 g/mol. The highest BCUT2D eigenvalue weighted by atomic mass is 16.2. The van der Waals surface area contributed by atoms with Crippen molar-refractivity contribution in [1.29, 1.82) is 0 Å². The fourth-order valence-corrected chi connectivity index (χ4v) is 2.70. The summed E-state index contributed by atoms with van der Waals surface area (Å²) in [5, 5.41) is 8.44. The average Bonchev–Trinajstić information content (AvgIpc) is 2.73. The van der Waals surface area contributed by atoms with Crippen molar-refractivity contribution in [2.24, 2.45) is 5.73 Å². The van der Waals surface area contributed by atoms with Gasteiger partial charge in [0.05, 0.1) is 12.1 Å². The quantitative estimate of drug-likeness (QED) is 0.498. The van der Waals surface area contributed by atoms with Gasteiger partial charge in [0.1, 0.15) is 0 Å². The average molecular weight is 388 g/mol. The van der Waals surface area contributed by atoms with Gasteiger partial charge in [-0.1, -0.05) is 36.4 Å². The van der Waals surface area contributed by atoms with Gasteiger partial charge in [0.2, 0.25) is 5.91 Å². The fourth-order valence-electron chi connectivity index (χ4n) is 2.70. The molecular weight excluding hydrogens is 368 g/mol. The van der Waals surface area contributed by atoms with E-state index < -0.39 is 5.91 Å². The first-order valence-corrected chi connectivity index (χ1v) is 8.92. The molecule has 7 nitrogen and oxygen atoms in total. The van der Waals surface area contributed by atoms with Crippen LogP contribution >= 0.6 is 0 Å². The molecule has 0 aliphatic carbocycles. The maximum Gasteiger partial charge on any atom is 0.255 e. The van der Waals surface area contributed by atoms with Crippen LogP contribution in [-0.2, 0) is 4.79 Å².